The third kappa shape index (κ3) is 2.68. The van der Waals surface area contributed by atoms with Crippen LogP contribution in [0.3, 0.4) is 0 Å². The average Bonchev–Trinajstić information content (AvgIpc) is 2.71. The molecule has 3 nitrogen and oxygen atoms in total. The number of halogens is 1. The minimum atomic E-state index is 0.636. The van der Waals surface area contributed by atoms with Crippen LogP contribution in [0.15, 0.2) is 16.7 Å². The van der Waals surface area contributed by atoms with Crippen molar-refractivity contribution in [3.63, 3.8) is 0 Å². The lowest BCUT2D eigenvalue weighted by atomic mass is 10.1. The van der Waals surface area contributed by atoms with Crippen LogP contribution in [0.5, 0.6) is 0 Å². The van der Waals surface area contributed by atoms with E-state index in [2.05, 4.69) is 58.9 Å². The second-order valence-corrected chi connectivity index (χ2v) is 5.37. The highest BCUT2D eigenvalue weighted by Crippen LogP contribution is 2.17. The Kier molecular flexibility index (Phi) is 3.82. The van der Waals surface area contributed by atoms with Crippen molar-refractivity contribution in [2.45, 2.75) is 40.0 Å². The first-order valence-corrected chi connectivity index (χ1v) is 6.97. The molecule has 2 aromatic rings. The van der Waals surface area contributed by atoms with Gasteiger partial charge in [-0.15, -0.1) is 0 Å². The summed E-state index contributed by atoms with van der Waals surface area (Å²) in [6, 6.07) is 4.21. The van der Waals surface area contributed by atoms with Crippen LogP contribution in [0.1, 0.15) is 38.6 Å². The largest absolute Gasteiger partial charge is 0.212 e. The summed E-state index contributed by atoms with van der Waals surface area (Å²) in [5.41, 5.74) is 2.22. The van der Waals surface area contributed by atoms with Crippen LogP contribution in [0.4, 0.5) is 0 Å². The van der Waals surface area contributed by atoms with Crippen molar-refractivity contribution >= 4 is 21.6 Å². The molecule has 0 fully saturated rings. The lowest BCUT2D eigenvalue weighted by Gasteiger charge is -2.02. The summed E-state index contributed by atoms with van der Waals surface area (Å²) in [6.07, 6.45) is 3.13. The molecule has 2 rings (SSSR count). The minimum absolute atomic E-state index is 0.636. The number of aromatic nitrogens is 3. The van der Waals surface area contributed by atoms with Crippen molar-refractivity contribution in [3.8, 4) is 0 Å². The zero-order valence-corrected chi connectivity index (χ0v) is 12.2. The van der Waals surface area contributed by atoms with E-state index in [4.69, 9.17) is 0 Å². The van der Waals surface area contributed by atoms with Crippen molar-refractivity contribution in [1.82, 2.24) is 14.6 Å². The van der Waals surface area contributed by atoms with Crippen LogP contribution in [0.2, 0.25) is 0 Å². The highest BCUT2D eigenvalue weighted by atomic mass is 79.9. The number of nitrogens with zero attached hydrogens (tertiary/aromatic N) is 3. The van der Waals surface area contributed by atoms with Crippen molar-refractivity contribution in [2.24, 2.45) is 5.92 Å². The van der Waals surface area contributed by atoms with Crippen LogP contribution in [0.25, 0.3) is 5.65 Å². The van der Waals surface area contributed by atoms with E-state index in [1.165, 1.54) is 5.56 Å². The average molecular weight is 296 g/mol. The predicted molar refractivity (Wildman–Crippen MR) is 73.2 cm³/mol. The van der Waals surface area contributed by atoms with E-state index >= 15 is 0 Å². The highest BCUT2D eigenvalue weighted by molar-refractivity contribution is 9.10. The van der Waals surface area contributed by atoms with Crippen molar-refractivity contribution in [3.05, 3.63) is 28.1 Å². The SMILES string of the molecule is CCc1cc(Br)n2nc(CC(C)CC)nc2c1. The molecule has 0 aliphatic heterocycles. The minimum Gasteiger partial charge on any atom is -0.212 e. The molecule has 0 bridgehead atoms. The molecular weight excluding hydrogens is 278 g/mol. The maximum absolute atomic E-state index is 4.59. The van der Waals surface area contributed by atoms with E-state index in [1.807, 2.05) is 4.52 Å². The van der Waals surface area contributed by atoms with E-state index in [9.17, 15) is 0 Å². The number of fused-ring (bicyclic) bond motifs is 1. The third-order valence-electron chi connectivity index (χ3n) is 3.13. The van der Waals surface area contributed by atoms with Crippen molar-refractivity contribution in [1.29, 1.82) is 0 Å². The third-order valence-corrected chi connectivity index (χ3v) is 3.70. The number of hydrogen-bond acceptors (Lipinski definition) is 2. The van der Waals surface area contributed by atoms with Crippen LogP contribution < -0.4 is 0 Å². The summed E-state index contributed by atoms with van der Waals surface area (Å²) in [5.74, 6) is 1.57. The van der Waals surface area contributed by atoms with Crippen LogP contribution in [-0.4, -0.2) is 14.6 Å². The molecular formula is C13H18BrN3. The molecule has 0 saturated carbocycles. The van der Waals surface area contributed by atoms with E-state index < -0.39 is 0 Å². The van der Waals surface area contributed by atoms with Gasteiger partial charge in [-0.2, -0.15) is 5.10 Å². The van der Waals surface area contributed by atoms with Gasteiger partial charge in [0.1, 0.15) is 4.60 Å². The summed E-state index contributed by atoms with van der Waals surface area (Å²) in [7, 11) is 0. The predicted octanol–water partition coefficient (Wildman–Crippen LogP) is 3.64. The molecule has 0 radical (unpaired) electrons. The highest BCUT2D eigenvalue weighted by Gasteiger charge is 2.10. The molecule has 0 spiro atoms. The zero-order chi connectivity index (χ0) is 12.4. The van der Waals surface area contributed by atoms with Gasteiger partial charge in [0.15, 0.2) is 11.5 Å². The Balaban J connectivity index is 2.39. The Hall–Kier alpha value is -0.900. The van der Waals surface area contributed by atoms with Gasteiger partial charge in [-0.25, -0.2) is 9.50 Å². The maximum Gasteiger partial charge on any atom is 0.157 e. The van der Waals surface area contributed by atoms with Crippen LogP contribution >= 0.6 is 15.9 Å². The number of aryl methyl sites for hydroxylation is 1. The van der Waals surface area contributed by atoms with Gasteiger partial charge in [-0.3, -0.25) is 0 Å². The molecule has 0 aromatic carbocycles. The lowest BCUT2D eigenvalue weighted by molar-refractivity contribution is 0.543. The summed E-state index contributed by atoms with van der Waals surface area (Å²) in [6.45, 7) is 6.58. The number of pyridine rings is 1. The standard InChI is InChI=1S/C13H18BrN3/c1-4-9(3)6-12-15-13-8-10(5-2)7-11(14)17(13)16-12/h7-9H,4-6H2,1-3H3. The summed E-state index contributed by atoms with van der Waals surface area (Å²) in [4.78, 5) is 4.59. The molecule has 92 valence electrons. The fourth-order valence-corrected chi connectivity index (χ4v) is 2.34. The van der Waals surface area contributed by atoms with E-state index in [0.29, 0.717) is 5.92 Å². The Morgan fingerprint density at radius 3 is 2.76 bits per heavy atom. The van der Waals surface area contributed by atoms with Crippen molar-refractivity contribution in [2.75, 3.05) is 0 Å². The molecule has 0 saturated heterocycles. The molecule has 17 heavy (non-hydrogen) atoms. The van der Waals surface area contributed by atoms with Gasteiger partial charge >= 0.3 is 0 Å². The fourth-order valence-electron chi connectivity index (χ4n) is 1.79. The summed E-state index contributed by atoms with van der Waals surface area (Å²) < 4.78 is 2.85. The lowest BCUT2D eigenvalue weighted by Crippen LogP contribution is -2.00. The van der Waals surface area contributed by atoms with Gasteiger partial charge in [-0.05, 0) is 46.0 Å². The molecule has 4 heteroatoms. The molecule has 2 heterocycles. The topological polar surface area (TPSA) is 30.2 Å². The quantitative estimate of drug-likeness (QED) is 0.806. The summed E-state index contributed by atoms with van der Waals surface area (Å²) in [5, 5.41) is 4.53. The second-order valence-electron chi connectivity index (χ2n) is 4.56. The first-order valence-electron chi connectivity index (χ1n) is 6.18. The van der Waals surface area contributed by atoms with Crippen molar-refractivity contribution < 1.29 is 0 Å². The molecule has 1 unspecified atom stereocenters. The monoisotopic (exact) mass is 295 g/mol. The first kappa shape index (κ1) is 12.6. The molecule has 0 N–H and O–H groups in total. The molecule has 2 aromatic heterocycles. The Bertz CT molecular complexity index is 519. The van der Waals surface area contributed by atoms with Gasteiger partial charge in [0.25, 0.3) is 0 Å². The number of hydrogen-bond donors (Lipinski definition) is 0. The Morgan fingerprint density at radius 1 is 1.35 bits per heavy atom. The van der Waals surface area contributed by atoms with Gasteiger partial charge in [0.05, 0.1) is 0 Å². The molecule has 0 aliphatic carbocycles. The normalized spacial score (nSPS) is 13.2. The Labute approximate surface area is 110 Å². The first-order chi connectivity index (χ1) is 8.13. The van der Waals surface area contributed by atoms with Crippen LogP contribution in [-0.2, 0) is 12.8 Å². The van der Waals surface area contributed by atoms with Gasteiger partial charge in [0, 0.05) is 6.42 Å². The smallest absolute Gasteiger partial charge is 0.157 e. The fraction of sp³-hybridized carbons (Fsp3) is 0.538. The van der Waals surface area contributed by atoms with Gasteiger partial charge in [0.2, 0.25) is 0 Å². The summed E-state index contributed by atoms with van der Waals surface area (Å²) >= 11 is 3.55. The molecule has 0 aliphatic rings. The van der Waals surface area contributed by atoms with E-state index in [-0.39, 0.29) is 0 Å². The maximum atomic E-state index is 4.59. The second kappa shape index (κ2) is 5.17. The van der Waals surface area contributed by atoms with Gasteiger partial charge < -0.3 is 0 Å². The van der Waals surface area contributed by atoms with E-state index in [0.717, 1.165) is 35.3 Å². The van der Waals surface area contributed by atoms with E-state index in [1.54, 1.807) is 0 Å². The molecule has 1 atom stereocenters. The molecule has 0 amide bonds. The van der Waals surface area contributed by atoms with Gasteiger partial charge in [-0.1, -0.05) is 27.2 Å². The Morgan fingerprint density at radius 2 is 2.12 bits per heavy atom. The zero-order valence-electron chi connectivity index (χ0n) is 10.6. The number of rotatable bonds is 4. The van der Waals surface area contributed by atoms with Crippen LogP contribution in [0, 0.1) is 5.92 Å².